The van der Waals surface area contributed by atoms with Crippen LogP contribution in [0.15, 0.2) is 47.8 Å². The molecule has 0 N–H and O–H groups in total. The number of hydrogen-bond donors (Lipinski definition) is 0. The second kappa shape index (κ2) is 12.3. The van der Waals surface area contributed by atoms with Crippen LogP contribution in [-0.2, 0) is 4.74 Å². The van der Waals surface area contributed by atoms with E-state index in [-0.39, 0.29) is 0 Å². The first-order valence-electron chi connectivity index (χ1n) is 11.1. The second-order valence-corrected chi connectivity index (χ2v) is 8.40. The molecule has 8 heteroatoms. The van der Waals surface area contributed by atoms with Crippen molar-refractivity contribution in [2.75, 3.05) is 18.6 Å². The largest absolute Gasteiger partial charge is 0.494 e. The quantitative estimate of drug-likeness (QED) is 0.267. The number of thiazole rings is 1. The van der Waals surface area contributed by atoms with E-state index in [1.807, 2.05) is 0 Å². The van der Waals surface area contributed by atoms with Gasteiger partial charge in [0, 0.05) is 10.9 Å². The van der Waals surface area contributed by atoms with Crippen LogP contribution < -0.4 is 9.64 Å². The number of nitrogens with zero attached hydrogens (tertiary/aromatic N) is 2. The molecular weight excluding hydrogens is 446 g/mol. The topological polar surface area (TPSA) is 51.7 Å². The van der Waals surface area contributed by atoms with E-state index in [2.05, 4.69) is 11.9 Å². The molecule has 1 aromatic heterocycles. The van der Waals surface area contributed by atoms with Crippen LogP contribution in [0.4, 0.5) is 24.4 Å². The van der Waals surface area contributed by atoms with Gasteiger partial charge in [-0.1, -0.05) is 39.0 Å². The van der Waals surface area contributed by atoms with Gasteiger partial charge < -0.3 is 9.47 Å². The molecule has 33 heavy (non-hydrogen) atoms. The number of amides is 1. The summed E-state index contributed by atoms with van der Waals surface area (Å²) in [6, 6.07) is 10.7. The molecule has 0 saturated heterocycles. The molecular formula is C25H28F2N2O3S. The fourth-order valence-corrected chi connectivity index (χ4v) is 4.15. The summed E-state index contributed by atoms with van der Waals surface area (Å²) in [5, 5.41) is 2.03. The summed E-state index contributed by atoms with van der Waals surface area (Å²) >= 11 is 1.20. The zero-order valence-electron chi connectivity index (χ0n) is 18.9. The lowest BCUT2D eigenvalue weighted by molar-refractivity contribution is 0.181. The zero-order valence-corrected chi connectivity index (χ0v) is 19.7. The van der Waals surface area contributed by atoms with Gasteiger partial charge in [-0.2, -0.15) is 0 Å². The Morgan fingerprint density at radius 2 is 1.73 bits per heavy atom. The van der Waals surface area contributed by atoms with Crippen LogP contribution >= 0.6 is 11.3 Å². The Morgan fingerprint density at radius 3 is 2.42 bits per heavy atom. The minimum Gasteiger partial charge on any atom is -0.494 e. The second-order valence-electron chi connectivity index (χ2n) is 7.56. The average molecular weight is 475 g/mol. The third-order valence-corrected chi connectivity index (χ3v) is 5.94. The fourth-order valence-electron chi connectivity index (χ4n) is 3.30. The van der Waals surface area contributed by atoms with E-state index in [1.54, 1.807) is 29.6 Å². The molecule has 0 aliphatic rings. The van der Waals surface area contributed by atoms with Gasteiger partial charge >= 0.3 is 6.09 Å². The summed E-state index contributed by atoms with van der Waals surface area (Å²) in [4.78, 5) is 18.2. The molecule has 5 nitrogen and oxygen atoms in total. The highest BCUT2D eigenvalue weighted by molar-refractivity contribution is 7.14. The molecule has 1 heterocycles. The molecule has 2 aromatic carbocycles. The van der Waals surface area contributed by atoms with E-state index < -0.39 is 17.7 Å². The van der Waals surface area contributed by atoms with Crippen molar-refractivity contribution in [1.82, 2.24) is 4.98 Å². The number of methoxy groups -OCH3 is 1. The third kappa shape index (κ3) is 6.74. The van der Waals surface area contributed by atoms with Gasteiger partial charge in [0.25, 0.3) is 0 Å². The third-order valence-electron chi connectivity index (χ3n) is 5.12. The van der Waals surface area contributed by atoms with Gasteiger partial charge in [-0.15, -0.1) is 11.3 Å². The predicted octanol–water partition coefficient (Wildman–Crippen LogP) is 7.73. The van der Waals surface area contributed by atoms with Crippen LogP contribution in [0.2, 0.25) is 0 Å². The predicted molar refractivity (Wildman–Crippen MR) is 127 cm³/mol. The Morgan fingerprint density at radius 1 is 1.00 bits per heavy atom. The Hall–Kier alpha value is -3.00. The lowest BCUT2D eigenvalue weighted by Gasteiger charge is -2.18. The van der Waals surface area contributed by atoms with Crippen molar-refractivity contribution in [2.45, 2.75) is 45.4 Å². The normalized spacial score (nSPS) is 10.8. The number of rotatable bonds is 11. The number of carbonyl (C=O) groups is 1. The highest BCUT2D eigenvalue weighted by Gasteiger charge is 2.22. The lowest BCUT2D eigenvalue weighted by atomic mass is 10.1. The summed E-state index contributed by atoms with van der Waals surface area (Å²) in [7, 11) is 1.29. The molecule has 0 saturated carbocycles. The zero-order chi connectivity index (χ0) is 23.6. The van der Waals surface area contributed by atoms with Crippen molar-refractivity contribution in [1.29, 1.82) is 0 Å². The van der Waals surface area contributed by atoms with Crippen LogP contribution in [0.1, 0.15) is 45.4 Å². The molecule has 0 aliphatic carbocycles. The van der Waals surface area contributed by atoms with Gasteiger partial charge in [-0.3, -0.25) is 0 Å². The molecule has 0 atom stereocenters. The molecule has 0 fully saturated rings. The monoisotopic (exact) mass is 474 g/mol. The molecule has 1 amide bonds. The molecule has 176 valence electrons. The SMILES string of the molecule is CCCCCCCCOc1ccc(N(C(=O)OC)c2nc(-c3ccc(F)c(F)c3)cs2)cc1. The van der Waals surface area contributed by atoms with Gasteiger partial charge in [0.05, 0.1) is 25.1 Å². The van der Waals surface area contributed by atoms with E-state index >= 15 is 0 Å². The molecule has 0 unspecified atom stereocenters. The van der Waals surface area contributed by atoms with Gasteiger partial charge in [-0.25, -0.2) is 23.5 Å². The minimum atomic E-state index is -0.955. The van der Waals surface area contributed by atoms with E-state index in [4.69, 9.17) is 9.47 Å². The Kier molecular flexibility index (Phi) is 9.18. The van der Waals surface area contributed by atoms with Crippen LogP contribution in [0.25, 0.3) is 11.3 Å². The van der Waals surface area contributed by atoms with E-state index in [9.17, 15) is 13.6 Å². The maximum Gasteiger partial charge on any atom is 0.420 e. The highest BCUT2D eigenvalue weighted by Crippen LogP contribution is 2.34. The summed E-state index contributed by atoms with van der Waals surface area (Å²) in [5.41, 5.74) is 1.40. The molecule has 0 radical (unpaired) electrons. The van der Waals surface area contributed by atoms with Crippen LogP contribution in [0.5, 0.6) is 5.75 Å². The number of halogens is 2. The number of aromatic nitrogens is 1. The molecule has 0 aliphatic heterocycles. The standard InChI is InChI=1S/C25H28F2N2O3S/c1-3-4-5-6-7-8-15-32-20-12-10-19(11-13-20)29(25(30)31-2)24-28-23(17-33-24)18-9-14-21(26)22(27)16-18/h9-14,16-17H,3-8,15H2,1-2H3. The van der Waals surface area contributed by atoms with Gasteiger partial charge in [0.2, 0.25) is 0 Å². The first-order chi connectivity index (χ1) is 16.0. The number of hydrogen-bond acceptors (Lipinski definition) is 5. The highest BCUT2D eigenvalue weighted by atomic mass is 32.1. The number of benzene rings is 2. The maximum absolute atomic E-state index is 13.6. The van der Waals surface area contributed by atoms with Crippen molar-refractivity contribution in [2.24, 2.45) is 0 Å². The van der Waals surface area contributed by atoms with Crippen LogP contribution in [0.3, 0.4) is 0 Å². The van der Waals surface area contributed by atoms with Gasteiger partial charge in [0.15, 0.2) is 16.8 Å². The summed E-state index contributed by atoms with van der Waals surface area (Å²) in [6.07, 6.45) is 6.55. The Bertz CT molecular complexity index is 1040. The van der Waals surface area contributed by atoms with E-state index in [0.29, 0.717) is 28.7 Å². The molecule has 0 bridgehead atoms. The summed E-state index contributed by atoms with van der Waals surface area (Å²) in [5.74, 6) is -1.16. The Balaban J connectivity index is 1.68. The number of anilines is 2. The van der Waals surface area contributed by atoms with Crippen molar-refractivity contribution < 1.29 is 23.0 Å². The van der Waals surface area contributed by atoms with Crippen molar-refractivity contribution in [3.05, 3.63) is 59.5 Å². The van der Waals surface area contributed by atoms with Crippen molar-refractivity contribution in [3.63, 3.8) is 0 Å². The van der Waals surface area contributed by atoms with Gasteiger partial charge in [0.1, 0.15) is 5.75 Å². The maximum atomic E-state index is 13.6. The molecule has 3 rings (SSSR count). The number of unbranched alkanes of at least 4 members (excludes halogenated alkanes) is 5. The van der Waals surface area contributed by atoms with E-state index in [1.165, 1.54) is 55.1 Å². The Labute approximate surface area is 197 Å². The fraction of sp³-hybridized carbons (Fsp3) is 0.360. The van der Waals surface area contributed by atoms with Crippen molar-refractivity contribution in [3.8, 4) is 17.0 Å². The first kappa shape index (κ1) is 24.6. The smallest absolute Gasteiger partial charge is 0.420 e. The number of ether oxygens (including phenoxy) is 2. The lowest BCUT2D eigenvalue weighted by Crippen LogP contribution is -2.25. The van der Waals surface area contributed by atoms with Crippen LogP contribution in [-0.4, -0.2) is 24.8 Å². The van der Waals surface area contributed by atoms with Gasteiger partial charge in [-0.05, 0) is 48.9 Å². The number of carbonyl (C=O) groups excluding carboxylic acids is 1. The minimum absolute atomic E-state index is 0.349. The average Bonchev–Trinajstić information content (AvgIpc) is 3.31. The van der Waals surface area contributed by atoms with E-state index in [0.717, 1.165) is 30.7 Å². The van der Waals surface area contributed by atoms with Crippen LogP contribution in [0, 0.1) is 11.6 Å². The van der Waals surface area contributed by atoms with Crippen molar-refractivity contribution >= 4 is 28.2 Å². The first-order valence-corrected chi connectivity index (χ1v) is 11.9. The summed E-state index contributed by atoms with van der Waals surface area (Å²) in [6.45, 7) is 2.85. The summed E-state index contributed by atoms with van der Waals surface area (Å²) < 4.78 is 37.6. The molecule has 0 spiro atoms. The molecule has 3 aromatic rings.